The molecule has 0 aliphatic carbocycles. The molecule has 2 N–H and O–H groups in total. The number of aromatic nitrogens is 3. The predicted octanol–water partition coefficient (Wildman–Crippen LogP) is 6.33. The molecule has 0 radical (unpaired) electrons. The summed E-state index contributed by atoms with van der Waals surface area (Å²) < 4.78 is 24.9. The van der Waals surface area contributed by atoms with E-state index in [1.807, 2.05) is 18.2 Å². The van der Waals surface area contributed by atoms with Crippen LogP contribution in [0.15, 0.2) is 76.3 Å². The number of anilines is 2. The van der Waals surface area contributed by atoms with Gasteiger partial charge in [0.15, 0.2) is 0 Å². The molecule has 3 aromatic heterocycles. The van der Waals surface area contributed by atoms with Crippen molar-refractivity contribution in [3.8, 4) is 23.0 Å². The van der Waals surface area contributed by atoms with Gasteiger partial charge in [0.25, 0.3) is 5.91 Å². The maximum atomic E-state index is 15.9. The summed E-state index contributed by atoms with van der Waals surface area (Å²) in [6.45, 7) is 5.00. The van der Waals surface area contributed by atoms with Gasteiger partial charge in [0.05, 0.1) is 29.8 Å². The third-order valence-corrected chi connectivity index (χ3v) is 10.7. The van der Waals surface area contributed by atoms with Gasteiger partial charge in [0, 0.05) is 72.3 Å². The van der Waals surface area contributed by atoms with Crippen LogP contribution in [0.2, 0.25) is 0 Å². The van der Waals surface area contributed by atoms with Crippen LogP contribution in [-0.2, 0) is 30.1 Å². The average Bonchev–Trinajstić information content (AvgIpc) is 3.69. The number of nitrogens with zero attached hydrogens (tertiary/aromatic N) is 4. The van der Waals surface area contributed by atoms with Crippen molar-refractivity contribution in [2.75, 3.05) is 18.0 Å². The zero-order valence-electron chi connectivity index (χ0n) is 31.0. The quantitative estimate of drug-likeness (QED) is 0.151. The Kier molecular flexibility index (Phi) is 9.09. The lowest BCUT2D eigenvalue weighted by Gasteiger charge is -2.32. The zero-order chi connectivity index (χ0) is 38.5. The lowest BCUT2D eigenvalue weighted by Crippen LogP contribution is -2.39. The molecule has 3 aromatic carbocycles. The van der Waals surface area contributed by atoms with E-state index < -0.39 is 17.6 Å². The summed E-state index contributed by atoms with van der Waals surface area (Å²) in [7, 11) is 3.57. The number of benzene rings is 3. The second-order valence-electron chi connectivity index (χ2n) is 14.5. The molecule has 0 bridgehead atoms. The molecule has 3 amide bonds. The van der Waals surface area contributed by atoms with Crippen molar-refractivity contribution >= 4 is 51.1 Å². The predicted molar refractivity (Wildman–Crippen MR) is 208 cm³/mol. The van der Waals surface area contributed by atoms with Crippen molar-refractivity contribution in [2.45, 2.75) is 51.4 Å². The Morgan fingerprint density at radius 3 is 2.65 bits per heavy atom. The van der Waals surface area contributed by atoms with E-state index in [9.17, 15) is 19.2 Å². The van der Waals surface area contributed by atoms with Gasteiger partial charge in [-0.1, -0.05) is 31.8 Å². The first-order valence-electron chi connectivity index (χ1n) is 18.4. The van der Waals surface area contributed by atoms with Crippen LogP contribution >= 0.6 is 0 Å². The first-order chi connectivity index (χ1) is 26.5. The third-order valence-electron chi connectivity index (χ3n) is 10.7. The van der Waals surface area contributed by atoms with Gasteiger partial charge in [-0.05, 0) is 84.8 Å². The van der Waals surface area contributed by atoms with Crippen LogP contribution in [0, 0.1) is 17.7 Å². The first-order valence-corrected chi connectivity index (χ1v) is 18.4. The van der Waals surface area contributed by atoms with Crippen molar-refractivity contribution in [1.29, 1.82) is 0 Å². The number of amides is 3. The number of imidazole rings is 1. The summed E-state index contributed by atoms with van der Waals surface area (Å²) in [5, 5.41) is 5.90. The fourth-order valence-corrected chi connectivity index (χ4v) is 7.80. The maximum absolute atomic E-state index is 15.9. The Morgan fingerprint density at radius 2 is 1.89 bits per heavy atom. The number of imide groups is 1. The monoisotopic (exact) mass is 738 g/mol. The number of hydrogen-bond acceptors (Lipinski definition) is 7. The van der Waals surface area contributed by atoms with E-state index in [1.54, 1.807) is 59.8 Å². The number of hydrogen-bond donors (Lipinski definition) is 2. The van der Waals surface area contributed by atoms with E-state index in [0.29, 0.717) is 34.3 Å². The number of carbonyl (C=O) groups is 3. The minimum atomic E-state index is -0.478. The molecule has 12 heteroatoms. The smallest absolute Gasteiger partial charge is 0.328 e. The number of piperidine rings is 1. The van der Waals surface area contributed by atoms with E-state index >= 15 is 4.39 Å². The average molecular weight is 739 g/mol. The van der Waals surface area contributed by atoms with Gasteiger partial charge in [-0.25, -0.2) is 9.18 Å². The van der Waals surface area contributed by atoms with Gasteiger partial charge in [-0.15, -0.1) is 0 Å². The molecular formula is C43H39FN6O5. The fraction of sp³-hybridized carbons (Fsp3) is 0.279. The Bertz CT molecular complexity index is 2680. The number of furan rings is 1. The minimum absolute atomic E-state index is 0.0633. The number of halogens is 1. The first kappa shape index (κ1) is 35.5. The molecule has 1 atom stereocenters. The highest BCUT2D eigenvalue weighted by Crippen LogP contribution is 2.40. The minimum Gasteiger partial charge on any atom is -0.464 e. The van der Waals surface area contributed by atoms with E-state index in [1.165, 1.54) is 6.20 Å². The van der Waals surface area contributed by atoms with Crippen molar-refractivity contribution < 1.29 is 23.2 Å². The lowest BCUT2D eigenvalue weighted by atomic mass is 9.90. The summed E-state index contributed by atoms with van der Waals surface area (Å²) in [5.74, 6) is 4.26. The second-order valence-corrected chi connectivity index (χ2v) is 14.5. The zero-order valence-corrected chi connectivity index (χ0v) is 31.0. The Hall–Kier alpha value is -6.48. The number of fused-ring (bicyclic) bond motifs is 3. The fourth-order valence-electron chi connectivity index (χ4n) is 7.80. The standard InChI is InChI=1S/C43H39FN6O5/c1-24(2)30-19-28(20-37-40(30)49(4)43(54)48(37)3)50-16-6-8-26-18-31(34(44)21-36(26)50)27-10-12-35(46-22-27)42(53)45-15-5-7-25-9-13-38-32(17-25)33(23-55-38)29-11-14-39(51)47-41(29)52/h9-10,12-13,17-24,29H,6,8,11,14-16H2,1-4H3,(H,45,53)(H,47,51,52). The van der Waals surface area contributed by atoms with Crippen LogP contribution in [0.25, 0.3) is 33.1 Å². The van der Waals surface area contributed by atoms with Gasteiger partial charge in [0.2, 0.25) is 11.8 Å². The molecule has 5 heterocycles. The van der Waals surface area contributed by atoms with Crippen molar-refractivity contribution in [3.63, 3.8) is 0 Å². The number of rotatable bonds is 6. The molecule has 11 nitrogen and oxygen atoms in total. The van der Waals surface area contributed by atoms with Crippen molar-refractivity contribution in [3.05, 3.63) is 111 Å². The molecule has 0 saturated carbocycles. The van der Waals surface area contributed by atoms with Crippen LogP contribution in [0.5, 0.6) is 0 Å². The molecule has 2 aliphatic heterocycles. The van der Waals surface area contributed by atoms with Crippen LogP contribution < -0.4 is 21.2 Å². The summed E-state index contributed by atoms with van der Waals surface area (Å²) in [6.07, 6.45) is 5.40. The van der Waals surface area contributed by atoms with Crippen LogP contribution in [0.4, 0.5) is 15.8 Å². The van der Waals surface area contributed by atoms with Gasteiger partial charge >= 0.3 is 5.69 Å². The summed E-state index contributed by atoms with van der Waals surface area (Å²) in [6, 6.07) is 16.3. The number of aryl methyl sites for hydroxylation is 3. The van der Waals surface area contributed by atoms with Gasteiger partial charge in [0.1, 0.15) is 17.1 Å². The van der Waals surface area contributed by atoms with Crippen LogP contribution in [0.1, 0.15) is 77.7 Å². The molecule has 6 aromatic rings. The molecule has 1 unspecified atom stereocenters. The SMILES string of the molecule is CC(C)c1cc(N2CCCc3cc(-c4ccc(C(=O)NCC#Cc5ccc6occ(C7CCC(=O)NC7=O)c6c5)nc4)c(F)cc32)cc2c1n(C)c(=O)n2C. The number of carbonyl (C=O) groups excluding carboxylic acids is 3. The van der Waals surface area contributed by atoms with Crippen molar-refractivity contribution in [2.24, 2.45) is 14.1 Å². The molecule has 8 rings (SSSR count). The molecule has 278 valence electrons. The van der Waals surface area contributed by atoms with Crippen molar-refractivity contribution in [1.82, 2.24) is 24.8 Å². The highest BCUT2D eigenvalue weighted by atomic mass is 19.1. The van der Waals surface area contributed by atoms with Crippen LogP contribution in [0.3, 0.4) is 0 Å². The van der Waals surface area contributed by atoms with E-state index in [0.717, 1.165) is 58.3 Å². The topological polar surface area (TPSA) is 131 Å². The normalized spacial score (nSPS) is 15.6. The molecular weight excluding hydrogens is 700 g/mol. The highest BCUT2D eigenvalue weighted by Gasteiger charge is 2.30. The Morgan fingerprint density at radius 1 is 1.05 bits per heavy atom. The second kappa shape index (κ2) is 14.1. The van der Waals surface area contributed by atoms with Gasteiger partial charge in [-0.3, -0.25) is 33.8 Å². The molecule has 2 aliphatic rings. The Balaban J connectivity index is 0.965. The number of nitrogens with one attached hydrogen (secondary N) is 2. The Labute approximate surface area is 316 Å². The summed E-state index contributed by atoms with van der Waals surface area (Å²) >= 11 is 0. The highest BCUT2D eigenvalue weighted by molar-refractivity contribution is 6.03. The molecule has 1 saturated heterocycles. The van der Waals surface area contributed by atoms with E-state index in [-0.39, 0.29) is 42.1 Å². The maximum Gasteiger partial charge on any atom is 0.328 e. The lowest BCUT2D eigenvalue weighted by molar-refractivity contribution is -0.134. The third kappa shape index (κ3) is 6.45. The van der Waals surface area contributed by atoms with E-state index in [2.05, 4.69) is 52.3 Å². The molecule has 0 spiro atoms. The molecule has 55 heavy (non-hydrogen) atoms. The van der Waals surface area contributed by atoms with E-state index in [4.69, 9.17) is 4.42 Å². The van der Waals surface area contributed by atoms with Crippen LogP contribution in [-0.4, -0.2) is 44.9 Å². The number of pyridine rings is 1. The van der Waals surface area contributed by atoms with Gasteiger partial charge in [-0.2, -0.15) is 0 Å². The summed E-state index contributed by atoms with van der Waals surface area (Å²) in [5.41, 5.74) is 8.60. The summed E-state index contributed by atoms with van der Waals surface area (Å²) in [4.78, 5) is 56.3. The molecule has 1 fully saturated rings. The largest absolute Gasteiger partial charge is 0.464 e. The van der Waals surface area contributed by atoms with Gasteiger partial charge < -0.3 is 14.6 Å².